The summed E-state index contributed by atoms with van der Waals surface area (Å²) in [6.07, 6.45) is 2.67. The van der Waals surface area contributed by atoms with E-state index in [0.717, 1.165) is 17.7 Å². The Balaban J connectivity index is 1.55. The zero-order valence-electron chi connectivity index (χ0n) is 15.6. The molecule has 3 rings (SSSR count). The van der Waals surface area contributed by atoms with Gasteiger partial charge < -0.3 is 15.4 Å². The Kier molecular flexibility index (Phi) is 6.81. The van der Waals surface area contributed by atoms with E-state index in [1.807, 2.05) is 24.3 Å². The summed E-state index contributed by atoms with van der Waals surface area (Å²) in [7, 11) is 0. The van der Waals surface area contributed by atoms with Crippen LogP contribution in [0.5, 0.6) is 5.75 Å². The number of amides is 2. The van der Waals surface area contributed by atoms with Crippen LogP contribution < -0.4 is 15.4 Å². The van der Waals surface area contributed by atoms with Crippen LogP contribution in [0.4, 0.5) is 11.4 Å². The molecule has 28 heavy (non-hydrogen) atoms. The quantitative estimate of drug-likeness (QED) is 0.601. The fraction of sp³-hybridized carbons (Fsp3) is 0.333. The third kappa shape index (κ3) is 4.97. The number of carbonyl (C=O) groups is 2. The standard InChI is InChI=1S/C21H22Cl2N2O3/c1-2-13-5-3-6-14(11-13)24-18(26)7-4-10-28-21-15-8-9-19(27)25-20(15)16(22)12-17(21)23/h3,5-6,11-12H,2,4,7-10H2,1H3,(H,24,26)(H,25,27). The number of rotatable bonds is 7. The van der Waals surface area contributed by atoms with Gasteiger partial charge in [0.15, 0.2) is 0 Å². The van der Waals surface area contributed by atoms with Gasteiger partial charge in [0.2, 0.25) is 11.8 Å². The maximum absolute atomic E-state index is 12.1. The number of benzene rings is 2. The molecule has 5 nitrogen and oxygen atoms in total. The molecule has 2 aromatic rings. The van der Waals surface area contributed by atoms with Crippen molar-refractivity contribution in [2.24, 2.45) is 0 Å². The second-order valence-corrected chi connectivity index (χ2v) is 7.44. The van der Waals surface area contributed by atoms with Crippen molar-refractivity contribution in [3.8, 4) is 5.75 Å². The molecule has 2 aromatic carbocycles. The van der Waals surface area contributed by atoms with E-state index in [2.05, 4.69) is 17.6 Å². The number of hydrogen-bond donors (Lipinski definition) is 2. The molecule has 2 amide bonds. The Morgan fingerprint density at radius 2 is 2.04 bits per heavy atom. The lowest BCUT2D eigenvalue weighted by atomic mass is 10.0. The Bertz CT molecular complexity index is 899. The monoisotopic (exact) mass is 420 g/mol. The highest BCUT2D eigenvalue weighted by Gasteiger charge is 2.23. The van der Waals surface area contributed by atoms with Crippen molar-refractivity contribution < 1.29 is 14.3 Å². The van der Waals surface area contributed by atoms with E-state index in [0.29, 0.717) is 53.8 Å². The molecule has 0 unspecified atom stereocenters. The molecule has 0 radical (unpaired) electrons. The van der Waals surface area contributed by atoms with Gasteiger partial charge in [-0.15, -0.1) is 0 Å². The van der Waals surface area contributed by atoms with E-state index < -0.39 is 0 Å². The summed E-state index contributed by atoms with van der Waals surface area (Å²) in [4.78, 5) is 23.8. The average Bonchev–Trinajstić information content (AvgIpc) is 2.67. The zero-order chi connectivity index (χ0) is 20.1. The number of anilines is 2. The molecule has 0 aliphatic carbocycles. The molecule has 0 fully saturated rings. The van der Waals surface area contributed by atoms with E-state index in [1.165, 1.54) is 5.56 Å². The van der Waals surface area contributed by atoms with E-state index in [9.17, 15) is 9.59 Å². The summed E-state index contributed by atoms with van der Waals surface area (Å²) in [6.45, 7) is 2.41. The van der Waals surface area contributed by atoms with Crippen molar-refractivity contribution in [3.05, 3.63) is 51.5 Å². The zero-order valence-corrected chi connectivity index (χ0v) is 17.1. The summed E-state index contributed by atoms with van der Waals surface area (Å²) >= 11 is 12.5. The van der Waals surface area contributed by atoms with Gasteiger partial charge in [0, 0.05) is 24.1 Å². The SMILES string of the molecule is CCc1cccc(NC(=O)CCCOc2c(Cl)cc(Cl)c3c2CCC(=O)N3)c1. The van der Waals surface area contributed by atoms with Crippen molar-refractivity contribution in [2.75, 3.05) is 17.2 Å². The molecule has 7 heteroatoms. The molecule has 0 atom stereocenters. The topological polar surface area (TPSA) is 67.4 Å². The van der Waals surface area contributed by atoms with Gasteiger partial charge in [-0.3, -0.25) is 9.59 Å². The van der Waals surface area contributed by atoms with Crippen LogP contribution in [0.1, 0.15) is 37.3 Å². The van der Waals surface area contributed by atoms with E-state index >= 15 is 0 Å². The molecule has 148 valence electrons. The number of ether oxygens (including phenoxy) is 1. The predicted octanol–water partition coefficient (Wildman–Crippen LogP) is 5.24. The molecule has 2 N–H and O–H groups in total. The minimum Gasteiger partial charge on any atom is -0.492 e. The van der Waals surface area contributed by atoms with Crippen molar-refractivity contribution in [2.45, 2.75) is 39.0 Å². The average molecular weight is 421 g/mol. The first kappa shape index (κ1) is 20.5. The van der Waals surface area contributed by atoms with Gasteiger partial charge in [-0.25, -0.2) is 0 Å². The maximum Gasteiger partial charge on any atom is 0.224 e. The molecule has 1 aliphatic heterocycles. The van der Waals surface area contributed by atoms with Crippen molar-refractivity contribution in [1.29, 1.82) is 0 Å². The number of fused-ring (bicyclic) bond motifs is 1. The van der Waals surface area contributed by atoms with Crippen molar-refractivity contribution >= 4 is 46.4 Å². The largest absolute Gasteiger partial charge is 0.492 e. The number of hydrogen-bond acceptors (Lipinski definition) is 3. The number of carbonyl (C=O) groups excluding carboxylic acids is 2. The lowest BCUT2D eigenvalue weighted by Gasteiger charge is -2.22. The summed E-state index contributed by atoms with van der Waals surface area (Å²) in [5.41, 5.74) is 3.34. The van der Waals surface area contributed by atoms with Crippen molar-refractivity contribution in [3.63, 3.8) is 0 Å². The first-order valence-electron chi connectivity index (χ1n) is 9.30. The number of aryl methyl sites for hydroxylation is 1. The van der Waals surface area contributed by atoms with Crippen molar-refractivity contribution in [1.82, 2.24) is 0 Å². The molecule has 0 bridgehead atoms. The molecule has 1 aliphatic rings. The van der Waals surface area contributed by atoms with Crippen LogP contribution in [0, 0.1) is 0 Å². The molecule has 1 heterocycles. The van der Waals surface area contributed by atoms with E-state index in [-0.39, 0.29) is 11.8 Å². The van der Waals surface area contributed by atoms with E-state index in [4.69, 9.17) is 27.9 Å². The Morgan fingerprint density at radius 1 is 1.21 bits per heavy atom. The smallest absolute Gasteiger partial charge is 0.224 e. The van der Waals surface area contributed by atoms with Gasteiger partial charge in [0.25, 0.3) is 0 Å². The fourth-order valence-electron chi connectivity index (χ4n) is 3.12. The first-order chi connectivity index (χ1) is 13.5. The fourth-order valence-corrected chi connectivity index (χ4v) is 3.72. The van der Waals surface area contributed by atoms with Crippen LogP contribution >= 0.6 is 23.2 Å². The summed E-state index contributed by atoms with van der Waals surface area (Å²) < 4.78 is 5.84. The van der Waals surface area contributed by atoms with Gasteiger partial charge >= 0.3 is 0 Å². The Labute approximate surface area is 174 Å². The third-order valence-electron chi connectivity index (χ3n) is 4.57. The van der Waals surface area contributed by atoms with Crippen LogP contribution in [0.25, 0.3) is 0 Å². The normalized spacial score (nSPS) is 12.9. The number of halogens is 2. The van der Waals surface area contributed by atoms with Crippen LogP contribution in [0.2, 0.25) is 10.0 Å². The van der Waals surface area contributed by atoms with Crippen LogP contribution in [0.15, 0.2) is 30.3 Å². The summed E-state index contributed by atoms with van der Waals surface area (Å²) in [5.74, 6) is 0.386. The Hall–Kier alpha value is -2.24. The van der Waals surface area contributed by atoms with Gasteiger partial charge in [0.1, 0.15) is 5.75 Å². The summed E-state index contributed by atoms with van der Waals surface area (Å²) in [5, 5.41) is 6.47. The predicted molar refractivity (Wildman–Crippen MR) is 113 cm³/mol. The lowest BCUT2D eigenvalue weighted by molar-refractivity contribution is -0.117. The first-order valence-corrected chi connectivity index (χ1v) is 10.1. The van der Waals surface area contributed by atoms with Gasteiger partial charge in [-0.1, -0.05) is 42.3 Å². The highest BCUT2D eigenvalue weighted by Crippen LogP contribution is 2.42. The lowest BCUT2D eigenvalue weighted by Crippen LogP contribution is -2.20. The van der Waals surface area contributed by atoms with Crippen LogP contribution in [-0.2, 0) is 22.4 Å². The highest BCUT2D eigenvalue weighted by atomic mass is 35.5. The van der Waals surface area contributed by atoms with Crippen LogP contribution in [-0.4, -0.2) is 18.4 Å². The highest BCUT2D eigenvalue weighted by molar-refractivity contribution is 6.38. The van der Waals surface area contributed by atoms with E-state index in [1.54, 1.807) is 6.07 Å². The minimum absolute atomic E-state index is 0.0617. The Morgan fingerprint density at radius 3 is 2.82 bits per heavy atom. The molecular weight excluding hydrogens is 399 g/mol. The minimum atomic E-state index is -0.0773. The third-order valence-corrected chi connectivity index (χ3v) is 5.14. The molecule has 0 saturated heterocycles. The van der Waals surface area contributed by atoms with Gasteiger partial charge in [-0.05, 0) is 43.0 Å². The summed E-state index contributed by atoms with van der Waals surface area (Å²) in [6, 6.07) is 9.38. The second-order valence-electron chi connectivity index (χ2n) is 6.63. The molecular formula is C21H22Cl2N2O3. The van der Waals surface area contributed by atoms with Gasteiger partial charge in [0.05, 0.1) is 22.3 Å². The molecule has 0 saturated carbocycles. The number of nitrogens with one attached hydrogen (secondary N) is 2. The van der Waals surface area contributed by atoms with Gasteiger partial charge in [-0.2, -0.15) is 0 Å². The molecule has 0 aromatic heterocycles. The second kappa shape index (κ2) is 9.30. The van der Waals surface area contributed by atoms with Crippen LogP contribution in [0.3, 0.4) is 0 Å². The maximum atomic E-state index is 12.1. The molecule has 0 spiro atoms.